The molecule has 1 aliphatic heterocycles. The SMILES string of the molecule is CC(OC(=O)N1CCN(Cc2ccc(F)cc2OCC2(C(=O)O)CCCC2)CC1)C(F)(F)F. The van der Waals surface area contributed by atoms with Crippen molar-refractivity contribution in [1.29, 1.82) is 0 Å². The highest BCUT2D eigenvalue weighted by Gasteiger charge is 2.42. The van der Waals surface area contributed by atoms with Gasteiger partial charge in [0.1, 0.15) is 23.6 Å². The quantitative estimate of drug-likeness (QED) is 0.598. The lowest BCUT2D eigenvalue weighted by Gasteiger charge is -2.35. The van der Waals surface area contributed by atoms with Crippen molar-refractivity contribution in [3.63, 3.8) is 0 Å². The Labute approximate surface area is 189 Å². The molecule has 0 radical (unpaired) electrons. The largest absolute Gasteiger partial charge is 0.492 e. The number of halogens is 4. The van der Waals surface area contributed by atoms with E-state index in [1.165, 1.54) is 17.0 Å². The number of carbonyl (C=O) groups excluding carboxylic acids is 1. The first-order valence-electron chi connectivity index (χ1n) is 10.9. The molecule has 2 aliphatic rings. The molecule has 7 nitrogen and oxygen atoms in total. The molecule has 0 spiro atoms. The fourth-order valence-corrected chi connectivity index (χ4v) is 4.10. The van der Waals surface area contributed by atoms with E-state index in [0.29, 0.717) is 38.0 Å². The number of benzene rings is 1. The van der Waals surface area contributed by atoms with Gasteiger partial charge in [0.2, 0.25) is 0 Å². The van der Waals surface area contributed by atoms with E-state index in [2.05, 4.69) is 4.74 Å². The standard InChI is InChI=1S/C22H28F4N2O5/c1-15(22(24,25)26)33-20(31)28-10-8-27(9-11-28)13-16-4-5-17(23)12-18(16)32-14-21(19(29)30)6-2-3-7-21/h4-5,12,15H,2-3,6-11,13-14H2,1H3,(H,29,30). The molecule has 1 amide bonds. The Hall–Kier alpha value is -2.56. The Kier molecular flexibility index (Phi) is 7.71. The minimum Gasteiger partial charge on any atom is -0.492 e. The van der Waals surface area contributed by atoms with Crippen molar-refractivity contribution >= 4 is 12.1 Å². The highest BCUT2D eigenvalue weighted by molar-refractivity contribution is 5.75. The maximum atomic E-state index is 13.9. The molecule has 33 heavy (non-hydrogen) atoms. The summed E-state index contributed by atoms with van der Waals surface area (Å²) in [4.78, 5) is 26.9. The summed E-state index contributed by atoms with van der Waals surface area (Å²) < 4.78 is 62.0. The van der Waals surface area contributed by atoms with Gasteiger partial charge in [0.25, 0.3) is 0 Å². The van der Waals surface area contributed by atoms with Crippen LogP contribution in [0.1, 0.15) is 38.2 Å². The molecule has 3 rings (SSSR count). The van der Waals surface area contributed by atoms with Crippen molar-refractivity contribution in [2.24, 2.45) is 5.41 Å². The molecule has 1 saturated heterocycles. The molecular formula is C22H28F4N2O5. The van der Waals surface area contributed by atoms with Crippen LogP contribution in [0.4, 0.5) is 22.4 Å². The molecule has 1 unspecified atom stereocenters. The number of carboxylic acids is 1. The molecular weight excluding hydrogens is 448 g/mol. The van der Waals surface area contributed by atoms with Crippen LogP contribution in [-0.4, -0.2) is 72.0 Å². The first kappa shape index (κ1) is 25.1. The first-order valence-corrected chi connectivity index (χ1v) is 10.9. The van der Waals surface area contributed by atoms with Gasteiger partial charge in [0, 0.05) is 44.4 Å². The van der Waals surface area contributed by atoms with Crippen LogP contribution in [0, 0.1) is 11.2 Å². The molecule has 1 N–H and O–H groups in total. The predicted octanol–water partition coefficient (Wildman–Crippen LogP) is 4.05. The summed E-state index contributed by atoms with van der Waals surface area (Å²) >= 11 is 0. The third-order valence-electron chi connectivity index (χ3n) is 6.31. The van der Waals surface area contributed by atoms with E-state index in [-0.39, 0.29) is 25.4 Å². The van der Waals surface area contributed by atoms with Gasteiger partial charge in [0.15, 0.2) is 6.10 Å². The van der Waals surface area contributed by atoms with E-state index in [4.69, 9.17) is 4.74 Å². The number of hydrogen-bond acceptors (Lipinski definition) is 5. The van der Waals surface area contributed by atoms with Gasteiger partial charge < -0.3 is 19.5 Å². The normalized spacial score (nSPS) is 19.8. The molecule has 1 aromatic rings. The third-order valence-corrected chi connectivity index (χ3v) is 6.31. The van der Waals surface area contributed by atoms with E-state index in [1.807, 2.05) is 4.90 Å². The number of nitrogens with zero attached hydrogens (tertiary/aromatic N) is 2. The second kappa shape index (κ2) is 10.1. The summed E-state index contributed by atoms with van der Waals surface area (Å²) in [6.07, 6.45) is -5.18. The first-order chi connectivity index (χ1) is 15.5. The smallest absolute Gasteiger partial charge is 0.425 e. The maximum absolute atomic E-state index is 13.9. The summed E-state index contributed by atoms with van der Waals surface area (Å²) in [6, 6.07) is 4.08. The van der Waals surface area contributed by atoms with Crippen molar-refractivity contribution in [2.75, 3.05) is 32.8 Å². The minimum atomic E-state index is -4.62. The number of alkyl halides is 3. The van der Waals surface area contributed by atoms with Crippen LogP contribution in [0.25, 0.3) is 0 Å². The molecule has 1 heterocycles. The molecule has 1 saturated carbocycles. The fraction of sp³-hybridized carbons (Fsp3) is 0.636. The number of carbonyl (C=O) groups is 2. The zero-order valence-corrected chi connectivity index (χ0v) is 18.4. The lowest BCUT2D eigenvalue weighted by atomic mass is 9.87. The Balaban J connectivity index is 1.57. The van der Waals surface area contributed by atoms with Crippen LogP contribution in [0.15, 0.2) is 18.2 Å². The molecule has 184 valence electrons. The molecule has 11 heteroatoms. The van der Waals surface area contributed by atoms with Gasteiger partial charge in [-0.25, -0.2) is 9.18 Å². The van der Waals surface area contributed by atoms with Crippen molar-refractivity contribution in [3.05, 3.63) is 29.6 Å². The summed E-state index contributed by atoms with van der Waals surface area (Å²) in [5.74, 6) is -1.15. The molecule has 1 aliphatic carbocycles. The number of amides is 1. The van der Waals surface area contributed by atoms with Gasteiger partial charge in [-0.3, -0.25) is 9.69 Å². The Morgan fingerprint density at radius 1 is 1.15 bits per heavy atom. The lowest BCUT2D eigenvalue weighted by molar-refractivity contribution is -0.200. The van der Waals surface area contributed by atoms with Crippen LogP contribution >= 0.6 is 0 Å². The highest BCUT2D eigenvalue weighted by atomic mass is 19.4. The Bertz CT molecular complexity index is 850. The Morgan fingerprint density at radius 2 is 1.79 bits per heavy atom. The van der Waals surface area contributed by atoms with Crippen molar-refractivity contribution in [2.45, 2.75) is 51.4 Å². The maximum Gasteiger partial charge on any atom is 0.425 e. The van der Waals surface area contributed by atoms with E-state index >= 15 is 0 Å². The second-order valence-corrected chi connectivity index (χ2v) is 8.66. The lowest BCUT2D eigenvalue weighted by Crippen LogP contribution is -2.49. The average Bonchev–Trinajstić information content (AvgIpc) is 3.24. The van der Waals surface area contributed by atoms with Gasteiger partial charge in [-0.15, -0.1) is 0 Å². The van der Waals surface area contributed by atoms with E-state index in [0.717, 1.165) is 19.8 Å². The molecule has 0 aromatic heterocycles. The summed E-state index contributed by atoms with van der Waals surface area (Å²) in [7, 11) is 0. The third kappa shape index (κ3) is 6.27. The highest BCUT2D eigenvalue weighted by Crippen LogP contribution is 2.39. The van der Waals surface area contributed by atoms with Gasteiger partial charge in [0.05, 0.1) is 0 Å². The minimum absolute atomic E-state index is 0.0458. The van der Waals surface area contributed by atoms with Crippen molar-refractivity contribution in [1.82, 2.24) is 9.80 Å². The van der Waals surface area contributed by atoms with Gasteiger partial charge in [-0.2, -0.15) is 13.2 Å². The number of piperazine rings is 1. The molecule has 2 fully saturated rings. The van der Waals surface area contributed by atoms with Gasteiger partial charge >= 0.3 is 18.2 Å². The second-order valence-electron chi connectivity index (χ2n) is 8.66. The average molecular weight is 476 g/mol. The number of ether oxygens (including phenoxy) is 2. The van der Waals surface area contributed by atoms with Crippen molar-refractivity contribution < 1.29 is 41.7 Å². The van der Waals surface area contributed by atoms with Crippen LogP contribution in [0.2, 0.25) is 0 Å². The summed E-state index contributed by atoms with van der Waals surface area (Å²) in [6.45, 7) is 2.22. The molecule has 1 atom stereocenters. The zero-order valence-electron chi connectivity index (χ0n) is 18.4. The van der Waals surface area contributed by atoms with Crippen molar-refractivity contribution in [3.8, 4) is 5.75 Å². The monoisotopic (exact) mass is 476 g/mol. The van der Waals surface area contributed by atoms with E-state index < -0.39 is 35.6 Å². The summed E-state index contributed by atoms with van der Waals surface area (Å²) in [5.41, 5.74) is -0.306. The molecule has 1 aromatic carbocycles. The van der Waals surface area contributed by atoms with Gasteiger partial charge in [-0.05, 0) is 25.8 Å². The number of rotatable bonds is 7. The van der Waals surface area contributed by atoms with E-state index in [1.54, 1.807) is 6.07 Å². The van der Waals surface area contributed by atoms with Crippen LogP contribution in [0.5, 0.6) is 5.75 Å². The van der Waals surface area contributed by atoms with Crippen LogP contribution < -0.4 is 4.74 Å². The zero-order chi connectivity index (χ0) is 24.2. The van der Waals surface area contributed by atoms with Crippen LogP contribution in [0.3, 0.4) is 0 Å². The topological polar surface area (TPSA) is 79.3 Å². The number of hydrogen-bond donors (Lipinski definition) is 1. The van der Waals surface area contributed by atoms with Gasteiger partial charge in [-0.1, -0.05) is 18.9 Å². The number of aliphatic carboxylic acids is 1. The van der Waals surface area contributed by atoms with Crippen LogP contribution in [-0.2, 0) is 16.1 Å². The number of carboxylic acid groups (broad SMARTS) is 1. The fourth-order valence-electron chi connectivity index (χ4n) is 4.10. The van der Waals surface area contributed by atoms with E-state index in [9.17, 15) is 32.3 Å². The molecule has 0 bridgehead atoms. The Morgan fingerprint density at radius 3 is 2.36 bits per heavy atom. The summed E-state index contributed by atoms with van der Waals surface area (Å²) in [5, 5.41) is 9.63. The predicted molar refractivity (Wildman–Crippen MR) is 109 cm³/mol.